The fourth-order valence-corrected chi connectivity index (χ4v) is 5.80. The van der Waals surface area contributed by atoms with Crippen molar-refractivity contribution in [1.82, 2.24) is 15.5 Å². The zero-order chi connectivity index (χ0) is 29.5. The molecule has 3 aromatic rings. The topological polar surface area (TPSA) is 103 Å². The minimum atomic E-state index is -0.856. The molecule has 2 saturated heterocycles. The molecule has 8 nitrogen and oxygen atoms in total. The Morgan fingerprint density at radius 3 is 2.21 bits per heavy atom. The first kappa shape index (κ1) is 30.5. The highest BCUT2D eigenvalue weighted by molar-refractivity contribution is 6.30. The third-order valence-electron chi connectivity index (χ3n) is 8.18. The van der Waals surface area contributed by atoms with Crippen molar-refractivity contribution in [2.45, 2.75) is 63.4 Å². The summed E-state index contributed by atoms with van der Waals surface area (Å²) in [6.07, 6.45) is 1.18. The number of aliphatic hydroxyl groups excluding tert-OH is 1. The molecule has 0 spiro atoms. The fraction of sp³-hybridized carbons (Fsp3) is 0.424. The van der Waals surface area contributed by atoms with Gasteiger partial charge in [0.1, 0.15) is 0 Å². The Balaban J connectivity index is 1.26. The molecule has 5 rings (SSSR count). The van der Waals surface area contributed by atoms with E-state index in [1.807, 2.05) is 79.7 Å². The first-order chi connectivity index (χ1) is 20.3. The molecule has 2 aliphatic heterocycles. The van der Waals surface area contributed by atoms with Crippen LogP contribution in [-0.4, -0.2) is 53.4 Å². The van der Waals surface area contributed by atoms with Gasteiger partial charge in [-0.1, -0.05) is 72.3 Å². The van der Waals surface area contributed by atoms with Crippen molar-refractivity contribution in [2.75, 3.05) is 26.2 Å². The van der Waals surface area contributed by atoms with Crippen LogP contribution in [0.25, 0.3) is 0 Å². The van der Waals surface area contributed by atoms with E-state index in [0.717, 1.165) is 47.5 Å². The largest absolute Gasteiger partial charge is 0.392 e. The van der Waals surface area contributed by atoms with Crippen LogP contribution in [0, 0.1) is 0 Å². The number of halogens is 1. The second-order valence-electron chi connectivity index (χ2n) is 11.1. The number of carbonyl (C=O) groups is 1. The molecular weight excluding hydrogens is 554 g/mol. The number of carbonyl (C=O) groups excluding carboxylic acids is 1. The Bertz CT molecular complexity index is 1290. The van der Waals surface area contributed by atoms with Crippen LogP contribution in [0.4, 0.5) is 4.79 Å². The van der Waals surface area contributed by atoms with Gasteiger partial charge in [-0.25, -0.2) is 4.79 Å². The van der Waals surface area contributed by atoms with Gasteiger partial charge in [0.25, 0.3) is 0 Å². The smallest absolute Gasteiger partial charge is 0.315 e. The van der Waals surface area contributed by atoms with E-state index in [4.69, 9.17) is 21.1 Å². The molecule has 0 aromatic heterocycles. The van der Waals surface area contributed by atoms with E-state index in [1.165, 1.54) is 0 Å². The zero-order valence-corrected chi connectivity index (χ0v) is 24.7. The SMILES string of the molecule is CCNC(=O)NCc1ccc(C2OC(CN3CCC(O)(c4ccc(Cl)cc4)CC3)CC(c3ccc(CO)cc3)O2)cc1. The van der Waals surface area contributed by atoms with Crippen LogP contribution in [0.1, 0.15) is 66.4 Å². The van der Waals surface area contributed by atoms with Crippen molar-refractivity contribution in [3.05, 3.63) is 106 Å². The number of nitrogens with one attached hydrogen (secondary N) is 2. The van der Waals surface area contributed by atoms with Crippen LogP contribution in [-0.2, 0) is 28.2 Å². The molecule has 224 valence electrons. The van der Waals surface area contributed by atoms with Crippen molar-refractivity contribution < 1.29 is 24.5 Å². The third kappa shape index (κ3) is 7.69. The number of amides is 2. The van der Waals surface area contributed by atoms with Gasteiger partial charge in [0.05, 0.1) is 24.4 Å². The molecule has 0 radical (unpaired) electrons. The van der Waals surface area contributed by atoms with Gasteiger partial charge < -0.3 is 35.2 Å². The molecule has 0 saturated carbocycles. The van der Waals surface area contributed by atoms with Crippen LogP contribution in [0.15, 0.2) is 72.8 Å². The molecule has 9 heteroatoms. The van der Waals surface area contributed by atoms with E-state index in [0.29, 0.717) is 37.4 Å². The number of benzene rings is 3. The molecule has 4 N–H and O–H groups in total. The standard InChI is InChI=1S/C33H40ClN3O5/c1-2-35-32(39)36-20-23-3-9-26(10-4-23)31-41-29(19-30(42-31)25-7-5-24(22-38)6-8-25)21-37-17-15-33(40,16-18-37)27-11-13-28(34)14-12-27/h3-14,29-31,38,40H,2,15-22H2,1H3,(H2,35,36,39). The van der Waals surface area contributed by atoms with E-state index >= 15 is 0 Å². The molecule has 2 heterocycles. The first-order valence-electron chi connectivity index (χ1n) is 14.7. The molecule has 3 unspecified atom stereocenters. The number of aliphatic hydroxyl groups is 2. The molecule has 0 bridgehead atoms. The minimum Gasteiger partial charge on any atom is -0.392 e. The molecule has 42 heavy (non-hydrogen) atoms. The quantitative estimate of drug-likeness (QED) is 0.273. The van der Waals surface area contributed by atoms with Crippen molar-refractivity contribution >= 4 is 17.6 Å². The number of hydrogen-bond donors (Lipinski definition) is 4. The lowest BCUT2D eigenvalue weighted by Gasteiger charge is -2.42. The normalized spacial score (nSPS) is 22.4. The number of piperidine rings is 1. The van der Waals surface area contributed by atoms with Crippen molar-refractivity contribution in [3.8, 4) is 0 Å². The number of hydrogen-bond acceptors (Lipinski definition) is 6. The minimum absolute atomic E-state index is 0.00119. The Morgan fingerprint density at radius 1 is 0.929 bits per heavy atom. The summed E-state index contributed by atoms with van der Waals surface area (Å²) in [6, 6.07) is 23.1. The lowest BCUT2D eigenvalue weighted by molar-refractivity contribution is -0.253. The molecule has 2 aliphatic rings. The summed E-state index contributed by atoms with van der Waals surface area (Å²) in [7, 11) is 0. The summed E-state index contributed by atoms with van der Waals surface area (Å²) in [5.74, 6) is 0. The van der Waals surface area contributed by atoms with E-state index in [1.54, 1.807) is 0 Å². The highest BCUT2D eigenvalue weighted by Gasteiger charge is 2.37. The number of ether oxygens (including phenoxy) is 2. The lowest BCUT2D eigenvalue weighted by atomic mass is 9.84. The predicted octanol–water partition coefficient (Wildman–Crippen LogP) is 5.18. The van der Waals surface area contributed by atoms with Crippen LogP contribution >= 0.6 is 11.6 Å². The van der Waals surface area contributed by atoms with Gasteiger partial charge in [-0.3, -0.25) is 0 Å². The van der Waals surface area contributed by atoms with Gasteiger partial charge in [-0.15, -0.1) is 0 Å². The lowest BCUT2D eigenvalue weighted by Crippen LogP contribution is -2.46. The average molecular weight is 594 g/mol. The molecular formula is C33H40ClN3O5. The summed E-state index contributed by atoms with van der Waals surface area (Å²) in [5.41, 5.74) is 3.85. The fourth-order valence-electron chi connectivity index (χ4n) is 5.67. The average Bonchev–Trinajstić information content (AvgIpc) is 3.02. The van der Waals surface area contributed by atoms with Gasteiger partial charge in [-0.05, 0) is 54.2 Å². The molecule has 3 atom stereocenters. The van der Waals surface area contributed by atoms with Crippen LogP contribution in [0.2, 0.25) is 5.02 Å². The summed E-state index contributed by atoms with van der Waals surface area (Å²) >= 11 is 6.06. The number of nitrogens with zero attached hydrogens (tertiary/aromatic N) is 1. The highest BCUT2D eigenvalue weighted by atomic mass is 35.5. The maximum absolute atomic E-state index is 11.8. The monoisotopic (exact) mass is 593 g/mol. The van der Waals surface area contributed by atoms with Gasteiger partial charge in [-0.2, -0.15) is 0 Å². The second-order valence-corrected chi connectivity index (χ2v) is 11.6. The van der Waals surface area contributed by atoms with Gasteiger partial charge in [0.2, 0.25) is 0 Å². The van der Waals surface area contributed by atoms with Gasteiger partial charge in [0, 0.05) is 49.7 Å². The summed E-state index contributed by atoms with van der Waals surface area (Å²) in [6.45, 7) is 5.13. The maximum atomic E-state index is 11.8. The Hall–Kier alpha value is -2.98. The summed E-state index contributed by atoms with van der Waals surface area (Å²) < 4.78 is 13.0. The Morgan fingerprint density at radius 2 is 1.57 bits per heavy atom. The predicted molar refractivity (Wildman–Crippen MR) is 162 cm³/mol. The molecule has 2 amide bonds. The number of likely N-dealkylation sites (tertiary alicyclic amines) is 1. The van der Waals surface area contributed by atoms with E-state index < -0.39 is 11.9 Å². The number of rotatable bonds is 9. The first-order valence-corrected chi connectivity index (χ1v) is 15.0. The van der Waals surface area contributed by atoms with E-state index in [-0.39, 0.29) is 24.8 Å². The van der Waals surface area contributed by atoms with Crippen LogP contribution in [0.3, 0.4) is 0 Å². The van der Waals surface area contributed by atoms with Crippen molar-refractivity contribution in [1.29, 1.82) is 0 Å². The second kappa shape index (κ2) is 14.0. The van der Waals surface area contributed by atoms with Crippen molar-refractivity contribution in [2.24, 2.45) is 0 Å². The highest BCUT2D eigenvalue weighted by Crippen LogP contribution is 2.39. The van der Waals surface area contributed by atoms with Crippen molar-refractivity contribution in [3.63, 3.8) is 0 Å². The Kier molecular flexibility index (Phi) is 10.2. The van der Waals surface area contributed by atoms with Crippen LogP contribution in [0.5, 0.6) is 0 Å². The maximum Gasteiger partial charge on any atom is 0.315 e. The van der Waals surface area contributed by atoms with Crippen LogP contribution < -0.4 is 10.6 Å². The number of urea groups is 1. The van der Waals surface area contributed by atoms with Gasteiger partial charge >= 0.3 is 6.03 Å². The third-order valence-corrected chi connectivity index (χ3v) is 8.44. The molecule has 0 aliphatic carbocycles. The molecule has 3 aromatic carbocycles. The zero-order valence-electron chi connectivity index (χ0n) is 24.0. The van der Waals surface area contributed by atoms with Gasteiger partial charge in [0.15, 0.2) is 6.29 Å². The molecule has 2 fully saturated rings. The Labute approximate surface area is 252 Å². The van der Waals surface area contributed by atoms with E-state index in [9.17, 15) is 15.0 Å². The summed E-state index contributed by atoms with van der Waals surface area (Å²) in [4.78, 5) is 14.1. The summed E-state index contributed by atoms with van der Waals surface area (Å²) in [5, 5.41) is 27.1. The van der Waals surface area contributed by atoms with E-state index in [2.05, 4.69) is 15.5 Å².